The first kappa shape index (κ1) is 17.8. The number of nitrogens with one attached hydrogen (secondary N) is 3. The summed E-state index contributed by atoms with van der Waals surface area (Å²) < 4.78 is 0. The molecule has 1 aliphatic heterocycles. The molecule has 2 rings (SSSR count). The van der Waals surface area contributed by atoms with Crippen LogP contribution in [0.2, 0.25) is 0 Å². The molecule has 0 amide bonds. The van der Waals surface area contributed by atoms with E-state index < -0.39 is 0 Å². The summed E-state index contributed by atoms with van der Waals surface area (Å²) >= 11 is 0. The largest absolute Gasteiger partial charge is 0.386 e. The van der Waals surface area contributed by atoms with E-state index in [1.165, 1.54) is 0 Å². The van der Waals surface area contributed by atoms with Crippen molar-refractivity contribution in [2.75, 3.05) is 18.9 Å². The van der Waals surface area contributed by atoms with Gasteiger partial charge in [-0.25, -0.2) is 15.0 Å². The van der Waals surface area contributed by atoms with E-state index in [4.69, 9.17) is 22.9 Å². The number of aliphatic imine (C=N–C) groups is 3. The van der Waals surface area contributed by atoms with Crippen molar-refractivity contribution in [2.24, 2.45) is 37.9 Å². The first-order valence-electron chi connectivity index (χ1n) is 7.48. The van der Waals surface area contributed by atoms with Gasteiger partial charge in [0, 0.05) is 18.7 Å². The highest BCUT2D eigenvalue weighted by Crippen LogP contribution is 2.23. The minimum Gasteiger partial charge on any atom is -0.386 e. The number of aromatic nitrogens is 2. The molecule has 0 aromatic carbocycles. The SMILES string of the molecule is C=C(N)NC(C=C1C=NC(N)=N1)C(CN=C(N)N)c1cnc(NC)[nH]1. The van der Waals surface area contributed by atoms with Gasteiger partial charge in [-0.1, -0.05) is 6.58 Å². The minimum absolute atomic E-state index is 0.0129. The average molecular weight is 345 g/mol. The fourth-order valence-corrected chi connectivity index (χ4v) is 2.32. The molecular weight excluding hydrogens is 322 g/mol. The molecule has 0 saturated carbocycles. The molecule has 0 radical (unpaired) electrons. The number of guanidine groups is 2. The summed E-state index contributed by atoms with van der Waals surface area (Å²) in [5.41, 5.74) is 23.7. The number of nitrogens with two attached hydrogens (primary N) is 4. The molecule has 0 fully saturated rings. The Bertz CT molecular complexity index is 736. The summed E-state index contributed by atoms with van der Waals surface area (Å²) in [5.74, 6) is 0.858. The molecule has 1 aromatic heterocycles. The standard InChI is InChI=1S/C14H23N11/c1-7(15)23-10(3-8-4-21-13(18)24-8)9(5-20-12(16)17)11-6-22-14(19-2)25-11/h3-4,6,9-10,23H,1,5,15H2,2H3,(H2,18,24)(H4,16,17,20)(H2,19,22,25). The van der Waals surface area contributed by atoms with Crippen molar-refractivity contribution in [3.63, 3.8) is 0 Å². The van der Waals surface area contributed by atoms with E-state index in [9.17, 15) is 0 Å². The molecule has 11 heteroatoms. The monoisotopic (exact) mass is 345 g/mol. The summed E-state index contributed by atoms with van der Waals surface area (Å²) in [6, 6.07) is -0.332. The summed E-state index contributed by atoms with van der Waals surface area (Å²) in [7, 11) is 1.76. The molecule has 0 saturated heterocycles. The maximum Gasteiger partial charge on any atom is 0.220 e. The van der Waals surface area contributed by atoms with Gasteiger partial charge in [0.15, 0.2) is 11.9 Å². The lowest BCUT2D eigenvalue weighted by molar-refractivity contribution is 0.533. The highest BCUT2D eigenvalue weighted by atomic mass is 15.1. The van der Waals surface area contributed by atoms with E-state index in [2.05, 4.69) is 42.2 Å². The summed E-state index contributed by atoms with van der Waals surface area (Å²) in [6.45, 7) is 3.99. The van der Waals surface area contributed by atoms with Crippen molar-refractivity contribution in [1.29, 1.82) is 0 Å². The van der Waals surface area contributed by atoms with Crippen LogP contribution in [-0.2, 0) is 0 Å². The van der Waals surface area contributed by atoms with Crippen LogP contribution in [0, 0.1) is 0 Å². The van der Waals surface area contributed by atoms with Crippen LogP contribution in [0.15, 0.2) is 45.3 Å². The normalized spacial score (nSPS) is 17.0. The van der Waals surface area contributed by atoms with Gasteiger partial charge in [0.1, 0.15) is 0 Å². The number of anilines is 1. The number of rotatable bonds is 8. The fourth-order valence-electron chi connectivity index (χ4n) is 2.32. The summed E-state index contributed by atoms with van der Waals surface area (Å²) in [5, 5.41) is 6.02. The van der Waals surface area contributed by atoms with Gasteiger partial charge in [0.25, 0.3) is 0 Å². The highest BCUT2D eigenvalue weighted by Gasteiger charge is 2.24. The zero-order valence-corrected chi connectivity index (χ0v) is 13.9. The van der Waals surface area contributed by atoms with Crippen molar-refractivity contribution in [3.05, 3.63) is 36.1 Å². The predicted octanol–water partition coefficient (Wildman–Crippen LogP) is -1.52. The lowest BCUT2D eigenvalue weighted by Gasteiger charge is -2.24. The van der Waals surface area contributed by atoms with Gasteiger partial charge in [0.2, 0.25) is 5.96 Å². The van der Waals surface area contributed by atoms with Crippen LogP contribution in [0.3, 0.4) is 0 Å². The molecule has 2 unspecified atom stereocenters. The number of aromatic amines is 1. The molecule has 0 bridgehead atoms. The number of hydrogen-bond donors (Lipinski definition) is 7. The lowest BCUT2D eigenvalue weighted by Crippen LogP contribution is -2.37. The van der Waals surface area contributed by atoms with Gasteiger partial charge < -0.3 is 38.6 Å². The van der Waals surface area contributed by atoms with Gasteiger partial charge in [-0.05, 0) is 6.08 Å². The maximum absolute atomic E-state index is 5.75. The van der Waals surface area contributed by atoms with Crippen molar-refractivity contribution in [3.8, 4) is 0 Å². The van der Waals surface area contributed by atoms with Crippen LogP contribution in [-0.4, -0.2) is 47.7 Å². The smallest absolute Gasteiger partial charge is 0.220 e. The topological polar surface area (TPSA) is 194 Å². The second-order valence-electron chi connectivity index (χ2n) is 5.32. The first-order chi connectivity index (χ1) is 11.9. The van der Waals surface area contributed by atoms with E-state index in [1.807, 2.05) is 6.08 Å². The molecule has 25 heavy (non-hydrogen) atoms. The zero-order chi connectivity index (χ0) is 18.4. The molecule has 11 N–H and O–H groups in total. The molecule has 1 aliphatic rings. The Balaban J connectivity index is 2.38. The van der Waals surface area contributed by atoms with E-state index in [0.717, 1.165) is 5.69 Å². The predicted molar refractivity (Wildman–Crippen MR) is 100 cm³/mol. The molecule has 2 heterocycles. The van der Waals surface area contributed by atoms with E-state index in [0.29, 0.717) is 18.2 Å². The quantitative estimate of drug-likeness (QED) is 0.219. The Labute approximate surface area is 145 Å². The Morgan fingerprint density at radius 1 is 1.44 bits per heavy atom. The summed E-state index contributed by atoms with van der Waals surface area (Å²) in [6.07, 6.45) is 5.09. The Morgan fingerprint density at radius 2 is 2.20 bits per heavy atom. The van der Waals surface area contributed by atoms with Crippen LogP contribution in [0.1, 0.15) is 11.6 Å². The average Bonchev–Trinajstić information content (AvgIpc) is 3.15. The maximum atomic E-state index is 5.75. The molecule has 0 aliphatic carbocycles. The Morgan fingerprint density at radius 3 is 2.72 bits per heavy atom. The number of imidazole rings is 1. The third-order valence-electron chi connectivity index (χ3n) is 3.41. The second-order valence-corrected chi connectivity index (χ2v) is 5.32. The minimum atomic E-state index is -0.332. The molecule has 11 nitrogen and oxygen atoms in total. The third kappa shape index (κ3) is 4.99. The van der Waals surface area contributed by atoms with Gasteiger partial charge in [-0.3, -0.25) is 4.99 Å². The molecule has 134 valence electrons. The number of hydrogen-bond acceptors (Lipinski definition) is 8. The van der Waals surface area contributed by atoms with Gasteiger partial charge >= 0.3 is 0 Å². The van der Waals surface area contributed by atoms with E-state index in [-0.39, 0.29) is 29.7 Å². The zero-order valence-electron chi connectivity index (χ0n) is 13.9. The van der Waals surface area contributed by atoms with Crippen molar-refractivity contribution in [2.45, 2.75) is 12.0 Å². The molecule has 1 aromatic rings. The first-order valence-corrected chi connectivity index (χ1v) is 7.48. The number of allylic oxidation sites excluding steroid dienone is 1. The number of H-pyrrole nitrogens is 1. The van der Waals surface area contributed by atoms with Crippen LogP contribution >= 0.6 is 0 Å². The highest BCUT2D eigenvalue weighted by molar-refractivity contribution is 5.99. The van der Waals surface area contributed by atoms with Crippen LogP contribution in [0.4, 0.5) is 5.95 Å². The fraction of sp³-hybridized carbons (Fsp3) is 0.286. The second kappa shape index (κ2) is 7.86. The van der Waals surface area contributed by atoms with Gasteiger partial charge in [-0.2, -0.15) is 0 Å². The van der Waals surface area contributed by atoms with Crippen LogP contribution < -0.4 is 33.6 Å². The van der Waals surface area contributed by atoms with Gasteiger partial charge in [-0.15, -0.1) is 0 Å². The van der Waals surface area contributed by atoms with Gasteiger partial charge in [0.05, 0.1) is 36.5 Å². The van der Waals surface area contributed by atoms with Crippen molar-refractivity contribution >= 4 is 24.1 Å². The molecule has 0 spiro atoms. The Kier molecular flexibility index (Phi) is 5.61. The number of nitrogens with zero attached hydrogens (tertiary/aromatic N) is 4. The lowest BCUT2D eigenvalue weighted by atomic mass is 9.95. The molecular formula is C14H23N11. The van der Waals surface area contributed by atoms with Crippen molar-refractivity contribution < 1.29 is 0 Å². The summed E-state index contributed by atoms with van der Waals surface area (Å²) in [4.78, 5) is 19.6. The van der Waals surface area contributed by atoms with Crippen LogP contribution in [0.25, 0.3) is 0 Å². The van der Waals surface area contributed by atoms with Crippen LogP contribution in [0.5, 0.6) is 0 Å². The molecule has 2 atom stereocenters. The van der Waals surface area contributed by atoms with E-state index in [1.54, 1.807) is 19.5 Å². The van der Waals surface area contributed by atoms with E-state index >= 15 is 0 Å². The Hall–Kier alpha value is -3.50. The van der Waals surface area contributed by atoms with Crippen molar-refractivity contribution in [1.82, 2.24) is 15.3 Å². The third-order valence-corrected chi connectivity index (χ3v) is 3.41.